The minimum absolute atomic E-state index is 0.247. The Kier molecular flexibility index (Phi) is 8.01. The number of ether oxygens (including phenoxy) is 2. The van der Waals surface area contributed by atoms with E-state index >= 15 is 0 Å². The second-order valence-electron chi connectivity index (χ2n) is 10.3. The monoisotopic (exact) mass is 546 g/mol. The number of likely N-dealkylation sites (N-methyl/N-ethyl adjacent to an activating group) is 1. The van der Waals surface area contributed by atoms with Crippen LogP contribution in [0.25, 0.3) is 22.3 Å². The van der Waals surface area contributed by atoms with Crippen LogP contribution in [0.15, 0.2) is 54.7 Å². The number of aromatic amines is 1. The number of likely N-dealkylation sites (tertiary alicyclic amines) is 1. The molecule has 3 heterocycles. The molecule has 1 atom stereocenters. The number of fused-ring (bicyclic) bond motifs is 1. The van der Waals surface area contributed by atoms with E-state index in [-0.39, 0.29) is 6.10 Å². The summed E-state index contributed by atoms with van der Waals surface area (Å²) in [7, 11) is -0.510. The average Bonchev–Trinajstić information content (AvgIpc) is 3.56. The van der Waals surface area contributed by atoms with Crippen LogP contribution in [0.2, 0.25) is 0 Å². The molecular weight excluding hydrogens is 507 g/mol. The maximum atomic E-state index is 14.0. The van der Waals surface area contributed by atoms with Crippen LogP contribution < -0.4 is 20.1 Å². The lowest BCUT2D eigenvalue weighted by Gasteiger charge is -2.23. The molecule has 0 spiro atoms. The Labute approximate surface area is 231 Å². The van der Waals surface area contributed by atoms with Crippen molar-refractivity contribution in [2.45, 2.75) is 40.2 Å². The van der Waals surface area contributed by atoms with Gasteiger partial charge in [-0.3, -0.25) is 0 Å². The zero-order valence-electron chi connectivity index (χ0n) is 23.6. The van der Waals surface area contributed by atoms with Gasteiger partial charge in [0.05, 0.1) is 23.3 Å². The number of rotatable bonds is 10. The van der Waals surface area contributed by atoms with Crippen LogP contribution in [-0.4, -0.2) is 60.0 Å². The molecule has 0 saturated carbocycles. The molecule has 4 aromatic rings. The molecular formula is C31H39N4O3P. The van der Waals surface area contributed by atoms with Crippen LogP contribution in [-0.2, 0) is 4.57 Å². The normalized spacial score (nSPS) is 16.1. The van der Waals surface area contributed by atoms with Gasteiger partial charge >= 0.3 is 0 Å². The van der Waals surface area contributed by atoms with Crippen LogP contribution >= 0.6 is 7.14 Å². The van der Waals surface area contributed by atoms with E-state index in [2.05, 4.69) is 45.4 Å². The van der Waals surface area contributed by atoms with Gasteiger partial charge in [-0.2, -0.15) is 0 Å². The Morgan fingerprint density at radius 1 is 1.13 bits per heavy atom. The predicted octanol–water partition coefficient (Wildman–Crippen LogP) is 6.79. The summed E-state index contributed by atoms with van der Waals surface area (Å²) in [5, 5.41) is 5.41. The summed E-state index contributed by atoms with van der Waals surface area (Å²) in [4.78, 5) is 10.4. The molecule has 0 radical (unpaired) electrons. The second-order valence-corrected chi connectivity index (χ2v) is 13.8. The van der Waals surface area contributed by atoms with Crippen molar-refractivity contribution in [1.29, 1.82) is 0 Å². The summed E-state index contributed by atoms with van der Waals surface area (Å²) in [6.45, 7) is 10.5. The Balaban J connectivity index is 1.49. The minimum atomic E-state index is -2.64. The second kappa shape index (κ2) is 11.4. The maximum absolute atomic E-state index is 14.0. The summed E-state index contributed by atoms with van der Waals surface area (Å²) >= 11 is 0. The van der Waals surface area contributed by atoms with Gasteiger partial charge in [-0.15, -0.1) is 0 Å². The van der Waals surface area contributed by atoms with Crippen LogP contribution in [0.5, 0.6) is 11.5 Å². The minimum Gasteiger partial charge on any atom is -0.493 e. The van der Waals surface area contributed by atoms with E-state index in [0.29, 0.717) is 24.7 Å². The Hall–Kier alpha value is -3.28. The number of benzene rings is 2. The zero-order chi connectivity index (χ0) is 27.6. The van der Waals surface area contributed by atoms with Gasteiger partial charge in [0.2, 0.25) is 0 Å². The topological polar surface area (TPSA) is 79.5 Å². The lowest BCUT2D eigenvalue weighted by Crippen LogP contribution is -2.21. The number of nitrogens with zero attached hydrogens (tertiary/aromatic N) is 2. The maximum Gasteiger partial charge on any atom is 0.139 e. The standard InChI is InChI=1S/C31H39N4O3P/c1-6-37-28-11-9-10-26(30(28)39(36,7-2)8-3)33-29-21(4)19-32-31-25(29)18-27(34-31)22-12-14-23(15-13-22)38-24-16-17-35(5)20-24/h9-15,18-19,24H,6-8,16-17,20H2,1-5H3,(H2,32,33,34)/t24-/m1/s1. The van der Waals surface area contributed by atoms with Crippen molar-refractivity contribution in [2.24, 2.45) is 0 Å². The van der Waals surface area contributed by atoms with Crippen molar-refractivity contribution < 1.29 is 14.0 Å². The highest BCUT2D eigenvalue weighted by Crippen LogP contribution is 2.49. The van der Waals surface area contributed by atoms with Crippen molar-refractivity contribution >= 4 is 34.9 Å². The number of aryl methyl sites for hydroxylation is 1. The number of nitrogens with one attached hydrogen (secondary N) is 2. The van der Waals surface area contributed by atoms with E-state index in [1.54, 1.807) is 0 Å². The lowest BCUT2D eigenvalue weighted by atomic mass is 10.1. The van der Waals surface area contributed by atoms with Gasteiger partial charge in [-0.1, -0.05) is 19.9 Å². The van der Waals surface area contributed by atoms with Gasteiger partial charge in [-0.05, 0) is 80.9 Å². The molecule has 1 aliphatic heterocycles. The molecule has 1 saturated heterocycles. The molecule has 0 unspecified atom stereocenters. The van der Waals surface area contributed by atoms with E-state index in [4.69, 9.17) is 9.47 Å². The van der Waals surface area contributed by atoms with Gasteiger partial charge in [0, 0.05) is 42.7 Å². The van der Waals surface area contributed by atoms with Crippen LogP contribution in [0, 0.1) is 6.92 Å². The summed E-state index contributed by atoms with van der Waals surface area (Å²) in [6.07, 6.45) is 4.34. The van der Waals surface area contributed by atoms with E-state index in [1.807, 2.05) is 64.2 Å². The molecule has 39 heavy (non-hydrogen) atoms. The van der Waals surface area contributed by atoms with Crippen LogP contribution in [0.3, 0.4) is 0 Å². The highest BCUT2D eigenvalue weighted by atomic mass is 31.2. The first kappa shape index (κ1) is 27.3. The highest BCUT2D eigenvalue weighted by molar-refractivity contribution is 7.72. The van der Waals surface area contributed by atoms with Gasteiger partial charge in [0.25, 0.3) is 0 Å². The molecule has 2 aromatic heterocycles. The van der Waals surface area contributed by atoms with Crippen molar-refractivity contribution in [2.75, 3.05) is 44.4 Å². The van der Waals surface area contributed by atoms with Gasteiger partial charge in [0.1, 0.15) is 30.4 Å². The molecule has 8 heteroatoms. The van der Waals surface area contributed by atoms with Gasteiger partial charge < -0.3 is 29.2 Å². The molecule has 7 nitrogen and oxygen atoms in total. The number of H-pyrrole nitrogens is 1. The molecule has 2 aromatic carbocycles. The van der Waals surface area contributed by atoms with E-state index in [9.17, 15) is 4.57 Å². The number of anilines is 2. The third kappa shape index (κ3) is 5.57. The largest absolute Gasteiger partial charge is 0.493 e. The molecule has 2 N–H and O–H groups in total. The molecule has 206 valence electrons. The highest BCUT2D eigenvalue weighted by Gasteiger charge is 2.28. The van der Waals surface area contributed by atoms with E-state index in [1.165, 1.54) is 0 Å². The fraction of sp³-hybridized carbons (Fsp3) is 0.387. The number of aromatic nitrogens is 2. The number of hydrogen-bond donors (Lipinski definition) is 2. The molecule has 0 bridgehead atoms. The van der Waals surface area contributed by atoms with Crippen LogP contribution in [0.4, 0.5) is 11.4 Å². The molecule has 5 rings (SSSR count). The summed E-state index contributed by atoms with van der Waals surface area (Å²) in [5.41, 5.74) is 5.62. The Morgan fingerprint density at radius 2 is 1.90 bits per heavy atom. The van der Waals surface area contributed by atoms with Gasteiger partial charge in [-0.25, -0.2) is 4.98 Å². The Morgan fingerprint density at radius 3 is 2.56 bits per heavy atom. The summed E-state index contributed by atoms with van der Waals surface area (Å²) < 4.78 is 26.1. The third-order valence-corrected chi connectivity index (χ3v) is 11.0. The fourth-order valence-corrected chi connectivity index (χ4v) is 7.57. The number of pyridine rings is 1. The molecule has 0 amide bonds. The number of hydrogen-bond acceptors (Lipinski definition) is 6. The first-order valence-corrected chi connectivity index (χ1v) is 16.0. The Bertz CT molecular complexity index is 1490. The van der Waals surface area contributed by atoms with E-state index < -0.39 is 7.14 Å². The summed E-state index contributed by atoms with van der Waals surface area (Å²) in [6, 6.07) is 16.2. The third-order valence-electron chi connectivity index (χ3n) is 7.65. The zero-order valence-corrected chi connectivity index (χ0v) is 24.5. The van der Waals surface area contributed by atoms with Crippen molar-refractivity contribution in [3.63, 3.8) is 0 Å². The van der Waals surface area contributed by atoms with Crippen molar-refractivity contribution in [1.82, 2.24) is 14.9 Å². The van der Waals surface area contributed by atoms with E-state index in [0.717, 1.165) is 69.8 Å². The molecule has 0 aliphatic carbocycles. The van der Waals surface area contributed by atoms with Gasteiger partial charge in [0.15, 0.2) is 0 Å². The first-order chi connectivity index (χ1) is 18.8. The molecule has 1 fully saturated rings. The quantitative estimate of drug-likeness (QED) is 0.213. The summed E-state index contributed by atoms with van der Waals surface area (Å²) in [5.74, 6) is 1.59. The predicted molar refractivity (Wildman–Crippen MR) is 162 cm³/mol. The molecule has 1 aliphatic rings. The van der Waals surface area contributed by atoms with Crippen molar-refractivity contribution in [3.8, 4) is 22.8 Å². The fourth-order valence-electron chi connectivity index (χ4n) is 5.38. The smallest absolute Gasteiger partial charge is 0.139 e. The van der Waals surface area contributed by atoms with Crippen molar-refractivity contribution in [3.05, 3.63) is 60.3 Å². The lowest BCUT2D eigenvalue weighted by molar-refractivity contribution is 0.208. The first-order valence-electron chi connectivity index (χ1n) is 13.9. The van der Waals surface area contributed by atoms with Crippen LogP contribution in [0.1, 0.15) is 32.8 Å². The SMILES string of the molecule is CCOc1cccc(Nc2c(C)cnc3[nH]c(-c4ccc(O[C@@H]5CCN(C)C5)cc4)cc23)c1P(=O)(CC)CC. The average molecular weight is 547 g/mol.